The Kier molecular flexibility index (Phi) is 3.60. The van der Waals surface area contributed by atoms with Crippen LogP contribution in [0.25, 0.3) is 0 Å². The van der Waals surface area contributed by atoms with Crippen LogP contribution in [0.1, 0.15) is 48.0 Å². The van der Waals surface area contributed by atoms with E-state index in [2.05, 4.69) is 0 Å². The Labute approximate surface area is 120 Å². The Bertz CT molecular complexity index is 538. The zero-order valence-electron chi connectivity index (χ0n) is 12.0. The number of rotatable bonds is 2. The van der Waals surface area contributed by atoms with Gasteiger partial charge >= 0.3 is 0 Å². The highest BCUT2D eigenvalue weighted by Crippen LogP contribution is 2.34. The van der Waals surface area contributed by atoms with E-state index in [0.717, 1.165) is 43.4 Å². The Morgan fingerprint density at radius 2 is 2.10 bits per heavy atom. The lowest BCUT2D eigenvalue weighted by Crippen LogP contribution is -2.41. The highest BCUT2D eigenvalue weighted by atomic mass is 16.2. The van der Waals surface area contributed by atoms with E-state index in [1.54, 1.807) is 0 Å². The van der Waals surface area contributed by atoms with Crippen molar-refractivity contribution in [2.45, 2.75) is 45.1 Å². The van der Waals surface area contributed by atoms with Gasteiger partial charge in [-0.1, -0.05) is 17.7 Å². The van der Waals surface area contributed by atoms with Crippen molar-refractivity contribution in [2.75, 3.05) is 6.54 Å². The maximum Gasteiger partial charge on any atom is 0.254 e. The van der Waals surface area contributed by atoms with Gasteiger partial charge in [-0.3, -0.25) is 9.59 Å². The molecule has 0 aromatic heterocycles. The van der Waals surface area contributed by atoms with Crippen LogP contribution in [0, 0.1) is 12.8 Å². The highest BCUT2D eigenvalue weighted by molar-refractivity contribution is 5.95. The predicted molar refractivity (Wildman–Crippen MR) is 77.6 cm³/mol. The summed E-state index contributed by atoms with van der Waals surface area (Å²) in [4.78, 5) is 26.6. The minimum Gasteiger partial charge on any atom is -0.335 e. The molecule has 0 bridgehead atoms. The number of carbonyl (C=O) groups is 2. The molecular formula is C17H21NO2. The quantitative estimate of drug-likeness (QED) is 0.829. The summed E-state index contributed by atoms with van der Waals surface area (Å²) in [6, 6.07) is 7.88. The molecule has 0 radical (unpaired) electrons. The van der Waals surface area contributed by atoms with E-state index in [1.165, 1.54) is 0 Å². The van der Waals surface area contributed by atoms with Crippen LogP contribution in [-0.2, 0) is 4.79 Å². The lowest BCUT2D eigenvalue weighted by atomic mass is 9.94. The molecule has 1 aliphatic carbocycles. The number of carbonyl (C=O) groups excluding carboxylic acids is 2. The van der Waals surface area contributed by atoms with Crippen molar-refractivity contribution in [3.8, 4) is 0 Å². The lowest BCUT2D eigenvalue weighted by molar-refractivity contribution is -0.121. The van der Waals surface area contributed by atoms with Gasteiger partial charge in [0.1, 0.15) is 5.78 Å². The Balaban J connectivity index is 1.81. The number of aryl methyl sites for hydroxylation is 1. The fourth-order valence-electron chi connectivity index (χ4n) is 3.66. The van der Waals surface area contributed by atoms with Crippen molar-refractivity contribution < 1.29 is 9.59 Å². The third-order valence-corrected chi connectivity index (χ3v) is 4.64. The molecule has 106 valence electrons. The van der Waals surface area contributed by atoms with Gasteiger partial charge in [-0.25, -0.2) is 0 Å². The fraction of sp³-hybridized carbons (Fsp3) is 0.529. The maximum absolute atomic E-state index is 12.7. The van der Waals surface area contributed by atoms with E-state index >= 15 is 0 Å². The first-order chi connectivity index (χ1) is 9.66. The molecule has 1 amide bonds. The van der Waals surface area contributed by atoms with Crippen LogP contribution in [0.15, 0.2) is 24.3 Å². The largest absolute Gasteiger partial charge is 0.335 e. The van der Waals surface area contributed by atoms with E-state index in [-0.39, 0.29) is 17.9 Å². The van der Waals surface area contributed by atoms with Crippen LogP contribution in [0.2, 0.25) is 0 Å². The summed E-state index contributed by atoms with van der Waals surface area (Å²) in [5.41, 5.74) is 1.85. The first kappa shape index (κ1) is 13.3. The summed E-state index contributed by atoms with van der Waals surface area (Å²) in [5.74, 6) is 0.543. The number of hydrogen-bond donors (Lipinski definition) is 0. The zero-order chi connectivity index (χ0) is 14.1. The molecule has 1 aliphatic heterocycles. The lowest BCUT2D eigenvalue weighted by Gasteiger charge is -2.28. The average Bonchev–Trinajstić information content (AvgIpc) is 3.06. The molecule has 3 rings (SSSR count). The van der Waals surface area contributed by atoms with E-state index < -0.39 is 0 Å². The van der Waals surface area contributed by atoms with E-state index in [0.29, 0.717) is 12.2 Å². The summed E-state index contributed by atoms with van der Waals surface area (Å²) >= 11 is 0. The van der Waals surface area contributed by atoms with Crippen LogP contribution in [0.5, 0.6) is 0 Å². The molecule has 20 heavy (non-hydrogen) atoms. The summed E-state index contributed by atoms with van der Waals surface area (Å²) < 4.78 is 0. The number of nitrogens with zero attached hydrogens (tertiary/aromatic N) is 1. The number of benzene rings is 1. The monoisotopic (exact) mass is 271 g/mol. The fourth-order valence-corrected chi connectivity index (χ4v) is 3.66. The van der Waals surface area contributed by atoms with Crippen molar-refractivity contribution in [1.82, 2.24) is 4.90 Å². The van der Waals surface area contributed by atoms with Gasteiger partial charge in [0.25, 0.3) is 5.91 Å². The topological polar surface area (TPSA) is 37.4 Å². The van der Waals surface area contributed by atoms with Crippen LogP contribution in [0.3, 0.4) is 0 Å². The molecule has 0 spiro atoms. The summed E-state index contributed by atoms with van der Waals surface area (Å²) in [5, 5.41) is 0. The van der Waals surface area contributed by atoms with Crippen molar-refractivity contribution in [1.29, 1.82) is 0 Å². The molecule has 2 fully saturated rings. The number of Topliss-reactive ketones (excluding diaryl/α,β-unsaturated/α-hetero) is 1. The molecule has 3 nitrogen and oxygen atoms in total. The molecule has 1 aromatic carbocycles. The van der Waals surface area contributed by atoms with Gasteiger partial charge in [0.15, 0.2) is 0 Å². The van der Waals surface area contributed by atoms with Crippen LogP contribution in [-0.4, -0.2) is 29.2 Å². The molecule has 3 heteroatoms. The molecule has 2 atom stereocenters. The molecule has 2 unspecified atom stereocenters. The number of ketones is 1. The maximum atomic E-state index is 12.7. The van der Waals surface area contributed by atoms with Gasteiger partial charge < -0.3 is 4.90 Å². The number of amides is 1. The van der Waals surface area contributed by atoms with Crippen molar-refractivity contribution in [2.24, 2.45) is 5.92 Å². The van der Waals surface area contributed by atoms with Crippen molar-refractivity contribution in [3.63, 3.8) is 0 Å². The third-order valence-electron chi connectivity index (χ3n) is 4.64. The van der Waals surface area contributed by atoms with E-state index in [1.807, 2.05) is 36.1 Å². The van der Waals surface area contributed by atoms with Crippen LogP contribution < -0.4 is 0 Å². The SMILES string of the molecule is Cc1cccc(C(=O)N2CCCC2C2CCCC2=O)c1. The minimum atomic E-state index is 0.0891. The smallest absolute Gasteiger partial charge is 0.254 e. The summed E-state index contributed by atoms with van der Waals surface area (Å²) in [6.45, 7) is 2.79. The molecule has 1 saturated carbocycles. The summed E-state index contributed by atoms with van der Waals surface area (Å²) in [6.07, 6.45) is 4.65. The van der Waals surface area contributed by atoms with Crippen LogP contribution >= 0.6 is 0 Å². The first-order valence-corrected chi connectivity index (χ1v) is 7.57. The average molecular weight is 271 g/mol. The first-order valence-electron chi connectivity index (χ1n) is 7.57. The van der Waals surface area contributed by atoms with Gasteiger partial charge in [-0.2, -0.15) is 0 Å². The second-order valence-corrected chi connectivity index (χ2v) is 6.04. The third kappa shape index (κ3) is 2.37. The molecule has 2 aliphatic rings. The van der Waals surface area contributed by atoms with Gasteiger partial charge in [0.2, 0.25) is 0 Å². The van der Waals surface area contributed by atoms with E-state index in [4.69, 9.17) is 0 Å². The second kappa shape index (κ2) is 5.39. The molecule has 1 heterocycles. The molecule has 0 N–H and O–H groups in total. The minimum absolute atomic E-state index is 0.0891. The van der Waals surface area contributed by atoms with Crippen LogP contribution in [0.4, 0.5) is 0 Å². The standard InChI is InChI=1S/C17H21NO2/c1-12-5-2-6-13(11-12)17(20)18-10-4-8-15(18)14-7-3-9-16(14)19/h2,5-6,11,14-15H,3-4,7-10H2,1H3. The van der Waals surface area contributed by atoms with E-state index in [9.17, 15) is 9.59 Å². The molecule has 1 aromatic rings. The Morgan fingerprint density at radius 1 is 1.25 bits per heavy atom. The number of likely N-dealkylation sites (tertiary alicyclic amines) is 1. The Morgan fingerprint density at radius 3 is 2.80 bits per heavy atom. The summed E-state index contributed by atoms with van der Waals surface area (Å²) in [7, 11) is 0. The normalized spacial score (nSPS) is 26.2. The molecular weight excluding hydrogens is 250 g/mol. The zero-order valence-corrected chi connectivity index (χ0v) is 12.0. The van der Waals surface area contributed by atoms with Gasteiger partial charge in [-0.15, -0.1) is 0 Å². The van der Waals surface area contributed by atoms with Gasteiger partial charge in [-0.05, 0) is 44.7 Å². The predicted octanol–water partition coefficient (Wildman–Crippen LogP) is 2.97. The van der Waals surface area contributed by atoms with Gasteiger partial charge in [0.05, 0.1) is 0 Å². The van der Waals surface area contributed by atoms with Crippen molar-refractivity contribution in [3.05, 3.63) is 35.4 Å². The molecule has 1 saturated heterocycles. The second-order valence-electron chi connectivity index (χ2n) is 6.04. The Hall–Kier alpha value is -1.64. The van der Waals surface area contributed by atoms with Gasteiger partial charge in [0, 0.05) is 30.5 Å². The highest BCUT2D eigenvalue weighted by Gasteiger charge is 2.40. The number of hydrogen-bond acceptors (Lipinski definition) is 2. The van der Waals surface area contributed by atoms with Crippen molar-refractivity contribution >= 4 is 11.7 Å².